The predicted molar refractivity (Wildman–Crippen MR) is 117 cm³/mol. The van der Waals surface area contributed by atoms with Gasteiger partial charge in [-0.25, -0.2) is 4.98 Å². The maximum Gasteiger partial charge on any atom is 0.272 e. The minimum absolute atomic E-state index is 0.00605. The van der Waals surface area contributed by atoms with E-state index < -0.39 is 0 Å². The Morgan fingerprint density at radius 3 is 2.96 bits per heavy atom. The van der Waals surface area contributed by atoms with E-state index in [4.69, 9.17) is 0 Å². The van der Waals surface area contributed by atoms with E-state index in [0.717, 1.165) is 49.1 Å². The third-order valence-electron chi connectivity index (χ3n) is 4.10. The highest BCUT2D eigenvalue weighted by molar-refractivity contribution is 9.11. The highest BCUT2D eigenvalue weighted by Crippen LogP contribution is 2.35. The first kappa shape index (κ1) is 18.6. The highest BCUT2D eigenvalue weighted by Gasteiger charge is 2.14. The predicted octanol–water partition coefficient (Wildman–Crippen LogP) is 5.76. The second-order valence-electron chi connectivity index (χ2n) is 5.78. The smallest absolute Gasteiger partial charge is 0.272 e. The van der Waals surface area contributed by atoms with E-state index in [9.17, 15) is 4.79 Å². The molecule has 0 unspecified atom stereocenters. The molecule has 4 nitrogen and oxygen atoms in total. The topological polar surface area (TPSA) is 46.9 Å². The lowest BCUT2D eigenvalue weighted by atomic mass is 10.2. The van der Waals surface area contributed by atoms with E-state index in [1.165, 1.54) is 11.3 Å². The van der Waals surface area contributed by atoms with Gasteiger partial charge in [0.1, 0.15) is 9.53 Å². The zero-order chi connectivity index (χ0) is 18.7. The minimum atomic E-state index is -0.00605. The molecular weight excluding hydrogens is 410 g/mol. The molecule has 0 atom stereocenters. The monoisotopic (exact) mass is 429 g/mol. The summed E-state index contributed by atoms with van der Waals surface area (Å²) in [5.74, 6) is 0. The van der Waals surface area contributed by atoms with Crippen LogP contribution >= 0.6 is 27.3 Å². The molecule has 0 aromatic carbocycles. The molecule has 0 saturated carbocycles. The van der Waals surface area contributed by atoms with Gasteiger partial charge in [0.25, 0.3) is 5.56 Å². The number of anilines is 1. The number of thiophene rings is 1. The first-order chi connectivity index (χ1) is 12.6. The number of allylic oxidation sites excluding steroid dienone is 5. The molecule has 0 amide bonds. The van der Waals surface area contributed by atoms with E-state index >= 15 is 0 Å². The van der Waals surface area contributed by atoms with Crippen LogP contribution in [-0.4, -0.2) is 16.1 Å². The molecule has 0 bridgehead atoms. The number of nitrogens with one attached hydrogen (secondary N) is 1. The maximum absolute atomic E-state index is 13.0. The van der Waals surface area contributed by atoms with Crippen LogP contribution in [0.2, 0.25) is 0 Å². The number of aromatic nitrogens is 2. The molecule has 3 heterocycles. The molecule has 3 aromatic rings. The van der Waals surface area contributed by atoms with Crippen LogP contribution in [0, 0.1) is 0 Å². The average molecular weight is 430 g/mol. The molecule has 0 fully saturated rings. The lowest BCUT2D eigenvalue weighted by Crippen LogP contribution is -2.16. The summed E-state index contributed by atoms with van der Waals surface area (Å²) in [4.78, 5) is 18.3. The normalized spacial score (nSPS) is 12.7. The van der Waals surface area contributed by atoms with E-state index in [0.29, 0.717) is 0 Å². The van der Waals surface area contributed by atoms with Gasteiger partial charge in [-0.05, 0) is 32.4 Å². The van der Waals surface area contributed by atoms with Crippen molar-refractivity contribution in [3.05, 3.63) is 64.2 Å². The molecule has 1 N–H and O–H groups in total. The Kier molecular flexibility index (Phi) is 5.74. The van der Waals surface area contributed by atoms with E-state index in [1.54, 1.807) is 16.8 Å². The standard InChI is InChI=1S/C20H20BrN3OS/c1-4-14(21)8-6-7-13(3)24-12-10-15-17-16(22-5-2)9-11-23-19(17)26-18(15)20(24)25/h4,7-12H,1,5-6H2,2-3H3,(H,22,23)/b13-7+,14-8?. The molecule has 3 aromatic heterocycles. The van der Waals surface area contributed by atoms with Gasteiger partial charge in [-0.1, -0.05) is 40.7 Å². The van der Waals surface area contributed by atoms with Crippen molar-refractivity contribution in [2.75, 3.05) is 11.9 Å². The number of hydrogen-bond acceptors (Lipinski definition) is 4. The number of pyridine rings is 2. The fourth-order valence-corrected chi connectivity index (χ4v) is 4.11. The Balaban J connectivity index is 2.11. The van der Waals surface area contributed by atoms with Crippen LogP contribution in [-0.2, 0) is 0 Å². The second-order valence-corrected chi connectivity index (χ2v) is 7.69. The maximum atomic E-state index is 13.0. The molecule has 0 aliphatic heterocycles. The van der Waals surface area contributed by atoms with Gasteiger partial charge in [0, 0.05) is 45.6 Å². The summed E-state index contributed by atoms with van der Waals surface area (Å²) in [5.41, 5.74) is 1.91. The SMILES string of the molecule is C=CC(Br)=CC/C=C(\C)n1ccc2c(sc3nccc(NCC)c32)c1=O. The Hall–Kier alpha value is -2.18. The molecule has 26 heavy (non-hydrogen) atoms. The fraction of sp³-hybridized carbons (Fsp3) is 0.200. The molecule has 0 saturated heterocycles. The van der Waals surface area contributed by atoms with Crippen molar-refractivity contribution in [2.24, 2.45) is 0 Å². The molecule has 3 rings (SSSR count). The summed E-state index contributed by atoms with van der Waals surface area (Å²) in [5, 5.41) is 5.34. The van der Waals surface area contributed by atoms with Gasteiger partial charge in [-0.15, -0.1) is 11.3 Å². The Morgan fingerprint density at radius 2 is 2.23 bits per heavy atom. The summed E-state index contributed by atoms with van der Waals surface area (Å²) in [7, 11) is 0. The van der Waals surface area contributed by atoms with Gasteiger partial charge < -0.3 is 5.32 Å². The first-order valence-electron chi connectivity index (χ1n) is 8.38. The van der Waals surface area contributed by atoms with Gasteiger partial charge in [0.2, 0.25) is 0 Å². The molecule has 0 spiro atoms. The lowest BCUT2D eigenvalue weighted by molar-refractivity contribution is 1.02. The average Bonchev–Trinajstić information content (AvgIpc) is 3.02. The number of halogens is 1. The van der Waals surface area contributed by atoms with Crippen molar-refractivity contribution in [3.63, 3.8) is 0 Å². The molecule has 134 valence electrons. The van der Waals surface area contributed by atoms with Gasteiger partial charge in [-0.2, -0.15) is 0 Å². The molecular formula is C20H20BrN3OS. The van der Waals surface area contributed by atoms with E-state index in [-0.39, 0.29) is 5.56 Å². The zero-order valence-electron chi connectivity index (χ0n) is 14.8. The lowest BCUT2D eigenvalue weighted by Gasteiger charge is -2.07. The number of hydrogen-bond donors (Lipinski definition) is 1. The van der Waals surface area contributed by atoms with Crippen LogP contribution < -0.4 is 10.9 Å². The van der Waals surface area contributed by atoms with Crippen molar-refractivity contribution in [1.29, 1.82) is 0 Å². The van der Waals surface area contributed by atoms with Crippen LogP contribution in [0.3, 0.4) is 0 Å². The summed E-state index contributed by atoms with van der Waals surface area (Å²) >= 11 is 4.85. The Bertz CT molecular complexity index is 1090. The summed E-state index contributed by atoms with van der Waals surface area (Å²) in [6.07, 6.45) is 10.1. The van der Waals surface area contributed by atoms with Gasteiger partial charge in [0.05, 0.1) is 0 Å². The second kappa shape index (κ2) is 8.01. The molecule has 0 aliphatic carbocycles. The van der Waals surface area contributed by atoms with Crippen LogP contribution in [0.25, 0.3) is 26.0 Å². The van der Waals surface area contributed by atoms with Crippen LogP contribution in [0.1, 0.15) is 20.3 Å². The van der Waals surface area contributed by atoms with Gasteiger partial charge in [0.15, 0.2) is 0 Å². The van der Waals surface area contributed by atoms with Crippen molar-refractivity contribution in [1.82, 2.24) is 9.55 Å². The molecule has 0 aliphatic rings. The third-order valence-corrected chi connectivity index (χ3v) is 5.85. The van der Waals surface area contributed by atoms with Crippen molar-refractivity contribution in [2.45, 2.75) is 20.3 Å². The highest BCUT2D eigenvalue weighted by atomic mass is 79.9. The first-order valence-corrected chi connectivity index (χ1v) is 9.99. The summed E-state index contributed by atoms with van der Waals surface area (Å²) < 4.78 is 3.37. The van der Waals surface area contributed by atoms with Crippen molar-refractivity contribution < 1.29 is 0 Å². The van der Waals surface area contributed by atoms with Crippen molar-refractivity contribution in [3.8, 4) is 0 Å². The van der Waals surface area contributed by atoms with Gasteiger partial charge in [-0.3, -0.25) is 9.36 Å². The van der Waals surface area contributed by atoms with Crippen molar-refractivity contribution >= 4 is 59.0 Å². The van der Waals surface area contributed by atoms with Crippen LogP contribution in [0.4, 0.5) is 5.69 Å². The number of rotatable bonds is 6. The molecule has 0 radical (unpaired) electrons. The van der Waals surface area contributed by atoms with E-state index in [1.807, 2.05) is 37.4 Å². The number of fused-ring (bicyclic) bond motifs is 3. The number of nitrogens with zero attached hydrogens (tertiary/aromatic N) is 2. The quantitative estimate of drug-likeness (QED) is 0.506. The third kappa shape index (κ3) is 3.52. The summed E-state index contributed by atoms with van der Waals surface area (Å²) in [6.45, 7) is 8.53. The van der Waals surface area contributed by atoms with Gasteiger partial charge >= 0.3 is 0 Å². The Morgan fingerprint density at radius 1 is 1.42 bits per heavy atom. The zero-order valence-corrected chi connectivity index (χ0v) is 17.2. The Labute approximate surface area is 164 Å². The van der Waals surface area contributed by atoms with Crippen LogP contribution in [0.5, 0.6) is 0 Å². The van der Waals surface area contributed by atoms with E-state index in [2.05, 4.69) is 39.7 Å². The minimum Gasteiger partial charge on any atom is -0.385 e. The van der Waals surface area contributed by atoms with Crippen LogP contribution in [0.15, 0.2) is 58.6 Å². The largest absolute Gasteiger partial charge is 0.385 e. The summed E-state index contributed by atoms with van der Waals surface area (Å²) in [6, 6.07) is 3.96. The fourth-order valence-electron chi connectivity index (χ4n) is 2.83. The molecule has 6 heteroatoms.